The molecule has 0 unspecified atom stereocenters. The predicted octanol–water partition coefficient (Wildman–Crippen LogP) is 12.4. The zero-order chi connectivity index (χ0) is 33.5. The van der Waals surface area contributed by atoms with Crippen molar-refractivity contribution in [2.24, 2.45) is 0 Å². The van der Waals surface area contributed by atoms with Gasteiger partial charge in [0, 0.05) is 38.2 Å². The number of benzene rings is 7. The number of hydrogen-bond acceptors (Lipinski definition) is 3. The second kappa shape index (κ2) is 11.0. The number of fused-ring (bicyclic) bond motifs is 10. The van der Waals surface area contributed by atoms with Crippen molar-refractivity contribution in [2.75, 3.05) is 0 Å². The van der Waals surface area contributed by atoms with Crippen molar-refractivity contribution in [3.05, 3.63) is 170 Å². The minimum absolute atomic E-state index is 0.668. The Kier molecular flexibility index (Phi) is 6.09. The molecule has 0 amide bonds. The maximum Gasteiger partial charge on any atom is 0.235 e. The SMILES string of the molecule is c1ccc(-c2cccc(-c3nc(-n4c5ccccc5c5ccc6c(sc7c8ccccc8n(-c8ccccc8)c67)c54)nc4ccccc34)c2)cc1. The van der Waals surface area contributed by atoms with Gasteiger partial charge in [0.1, 0.15) is 0 Å². The fraction of sp³-hybridized carbons (Fsp3) is 0. The van der Waals surface area contributed by atoms with Gasteiger partial charge in [0.2, 0.25) is 5.95 Å². The quantitative estimate of drug-likeness (QED) is 0.187. The van der Waals surface area contributed by atoms with Gasteiger partial charge in [0.05, 0.1) is 42.7 Å². The van der Waals surface area contributed by atoms with Gasteiger partial charge in [-0.25, -0.2) is 9.97 Å². The van der Waals surface area contributed by atoms with Crippen LogP contribution in [-0.2, 0) is 0 Å². The predicted molar refractivity (Wildman–Crippen MR) is 214 cm³/mol. The van der Waals surface area contributed by atoms with Crippen LogP contribution in [0, 0.1) is 0 Å². The lowest BCUT2D eigenvalue weighted by Crippen LogP contribution is -2.03. The fourth-order valence-electron chi connectivity index (χ4n) is 7.89. The summed E-state index contributed by atoms with van der Waals surface area (Å²) >= 11 is 1.87. The summed E-state index contributed by atoms with van der Waals surface area (Å²) in [5.41, 5.74) is 11.1. The van der Waals surface area contributed by atoms with Crippen molar-refractivity contribution >= 4 is 75.3 Å². The molecule has 238 valence electrons. The van der Waals surface area contributed by atoms with Crippen LogP contribution in [0.25, 0.3) is 97.9 Å². The molecule has 7 aromatic carbocycles. The van der Waals surface area contributed by atoms with Gasteiger partial charge in [-0.05, 0) is 47.5 Å². The fourth-order valence-corrected chi connectivity index (χ4v) is 9.25. The monoisotopic (exact) mass is 668 g/mol. The first-order valence-corrected chi connectivity index (χ1v) is 18.0. The highest BCUT2D eigenvalue weighted by molar-refractivity contribution is 7.27. The van der Waals surface area contributed by atoms with Crippen LogP contribution in [0.5, 0.6) is 0 Å². The number of para-hydroxylation sites is 4. The van der Waals surface area contributed by atoms with Crippen LogP contribution in [-0.4, -0.2) is 19.1 Å². The molecule has 0 N–H and O–H groups in total. The second-order valence-electron chi connectivity index (χ2n) is 13.0. The molecule has 11 aromatic rings. The van der Waals surface area contributed by atoms with Crippen molar-refractivity contribution in [3.63, 3.8) is 0 Å². The van der Waals surface area contributed by atoms with Gasteiger partial charge in [-0.3, -0.25) is 4.57 Å². The largest absolute Gasteiger partial charge is 0.308 e. The summed E-state index contributed by atoms with van der Waals surface area (Å²) < 4.78 is 7.24. The summed E-state index contributed by atoms with van der Waals surface area (Å²) in [4.78, 5) is 10.8. The van der Waals surface area contributed by atoms with Crippen LogP contribution in [0.2, 0.25) is 0 Å². The highest BCUT2D eigenvalue weighted by Gasteiger charge is 2.24. The standard InChI is InChI=1S/C46H28N4S/c1-3-14-29(15-4-1)30-16-13-17-31(28-30)41-35-21-7-10-23-38(35)47-46(48-41)50-39-24-11-8-20-33(39)34-26-27-37-43-44(51-45(37)42(34)50)36-22-9-12-25-40(36)49(43)32-18-5-2-6-19-32/h1-28H. The number of hydrogen-bond donors (Lipinski definition) is 0. The summed E-state index contributed by atoms with van der Waals surface area (Å²) in [6.45, 7) is 0. The van der Waals surface area contributed by atoms with Crippen LogP contribution in [0.1, 0.15) is 0 Å². The van der Waals surface area contributed by atoms with Gasteiger partial charge < -0.3 is 4.57 Å². The molecule has 0 saturated carbocycles. The summed E-state index contributed by atoms with van der Waals surface area (Å²) in [6, 6.07) is 60.3. The van der Waals surface area contributed by atoms with Crippen molar-refractivity contribution in [1.82, 2.24) is 19.1 Å². The van der Waals surface area contributed by atoms with Crippen molar-refractivity contribution in [2.45, 2.75) is 0 Å². The van der Waals surface area contributed by atoms with E-state index >= 15 is 0 Å². The lowest BCUT2D eigenvalue weighted by Gasteiger charge is -2.13. The van der Waals surface area contributed by atoms with Crippen molar-refractivity contribution in [3.8, 4) is 34.0 Å². The number of aromatic nitrogens is 4. The first kappa shape index (κ1) is 28.3. The Hall–Kier alpha value is -6.56. The Morgan fingerprint density at radius 1 is 0.392 bits per heavy atom. The first-order chi connectivity index (χ1) is 25.3. The van der Waals surface area contributed by atoms with E-state index in [9.17, 15) is 0 Å². The van der Waals surface area contributed by atoms with E-state index < -0.39 is 0 Å². The van der Waals surface area contributed by atoms with Crippen LogP contribution in [0.3, 0.4) is 0 Å². The molecular formula is C46H28N4S. The normalized spacial score (nSPS) is 11.9. The third-order valence-corrected chi connectivity index (χ3v) is 11.4. The highest BCUT2D eigenvalue weighted by Crippen LogP contribution is 2.47. The Morgan fingerprint density at radius 3 is 1.80 bits per heavy atom. The molecule has 0 aliphatic rings. The van der Waals surface area contributed by atoms with E-state index in [1.165, 1.54) is 47.5 Å². The smallest absolute Gasteiger partial charge is 0.235 e. The molecule has 0 bridgehead atoms. The Morgan fingerprint density at radius 2 is 0.980 bits per heavy atom. The third-order valence-electron chi connectivity index (χ3n) is 10.1. The van der Waals surface area contributed by atoms with Crippen LogP contribution in [0.15, 0.2) is 170 Å². The number of rotatable bonds is 4. The minimum atomic E-state index is 0.668. The number of nitrogens with zero attached hydrogens (tertiary/aromatic N) is 4. The molecule has 0 fully saturated rings. The molecule has 0 aliphatic heterocycles. The zero-order valence-electron chi connectivity index (χ0n) is 27.4. The maximum absolute atomic E-state index is 5.46. The topological polar surface area (TPSA) is 35.6 Å². The molecule has 0 saturated heterocycles. The third kappa shape index (κ3) is 4.19. The number of thiophene rings is 1. The van der Waals surface area contributed by atoms with Gasteiger partial charge in [0.15, 0.2) is 0 Å². The second-order valence-corrected chi connectivity index (χ2v) is 14.0. The summed E-state index contributed by atoms with van der Waals surface area (Å²) in [5.74, 6) is 0.668. The molecular weight excluding hydrogens is 641 g/mol. The van der Waals surface area contributed by atoms with Gasteiger partial charge in [-0.15, -0.1) is 11.3 Å². The Bertz CT molecular complexity index is 3130. The molecule has 0 aliphatic carbocycles. The van der Waals surface area contributed by atoms with E-state index in [1.807, 2.05) is 11.3 Å². The van der Waals surface area contributed by atoms with Gasteiger partial charge >= 0.3 is 0 Å². The molecule has 0 atom stereocenters. The zero-order valence-corrected chi connectivity index (χ0v) is 28.2. The van der Waals surface area contributed by atoms with E-state index in [-0.39, 0.29) is 0 Å². The van der Waals surface area contributed by atoms with E-state index in [0.29, 0.717) is 5.95 Å². The van der Waals surface area contributed by atoms with Crippen molar-refractivity contribution < 1.29 is 0 Å². The molecule has 51 heavy (non-hydrogen) atoms. The molecule has 11 rings (SSSR count). The molecule has 4 nitrogen and oxygen atoms in total. The first-order valence-electron chi connectivity index (χ1n) is 17.2. The molecule has 0 spiro atoms. The van der Waals surface area contributed by atoms with E-state index in [0.717, 1.165) is 44.4 Å². The van der Waals surface area contributed by atoms with Crippen LogP contribution < -0.4 is 0 Å². The lowest BCUT2D eigenvalue weighted by molar-refractivity contribution is 1.02. The minimum Gasteiger partial charge on any atom is -0.308 e. The summed E-state index contributed by atoms with van der Waals surface area (Å²) in [6.07, 6.45) is 0. The van der Waals surface area contributed by atoms with Gasteiger partial charge in [0.25, 0.3) is 0 Å². The maximum atomic E-state index is 5.46. The van der Waals surface area contributed by atoms with Gasteiger partial charge in [-0.1, -0.05) is 133 Å². The van der Waals surface area contributed by atoms with Crippen LogP contribution >= 0.6 is 11.3 Å². The van der Waals surface area contributed by atoms with E-state index in [1.54, 1.807) is 0 Å². The van der Waals surface area contributed by atoms with E-state index in [2.05, 4.69) is 179 Å². The summed E-state index contributed by atoms with van der Waals surface area (Å²) in [7, 11) is 0. The van der Waals surface area contributed by atoms with E-state index in [4.69, 9.17) is 9.97 Å². The lowest BCUT2D eigenvalue weighted by atomic mass is 10.00. The van der Waals surface area contributed by atoms with Crippen LogP contribution in [0.4, 0.5) is 0 Å². The summed E-state index contributed by atoms with van der Waals surface area (Å²) in [5, 5.41) is 5.90. The Balaban J connectivity index is 1.24. The van der Waals surface area contributed by atoms with Gasteiger partial charge in [-0.2, -0.15) is 0 Å². The van der Waals surface area contributed by atoms with Crippen molar-refractivity contribution in [1.29, 1.82) is 0 Å². The average molecular weight is 669 g/mol. The molecule has 5 heteroatoms. The Labute approximate surface area is 297 Å². The molecule has 4 aromatic heterocycles. The average Bonchev–Trinajstić information content (AvgIpc) is 3.85. The highest BCUT2D eigenvalue weighted by atomic mass is 32.1. The molecule has 4 heterocycles. The molecule has 0 radical (unpaired) electrons.